The van der Waals surface area contributed by atoms with Crippen LogP contribution in [-0.4, -0.2) is 50.2 Å². The summed E-state index contributed by atoms with van der Waals surface area (Å²) < 4.78 is 29.8. The average molecular weight is 592 g/mol. The topological polar surface area (TPSA) is 121 Å². The third kappa shape index (κ3) is 6.73. The second kappa shape index (κ2) is 14.0. The predicted octanol–water partition coefficient (Wildman–Crippen LogP) is 3.51. The summed E-state index contributed by atoms with van der Waals surface area (Å²) in [6.07, 6.45) is 1.60. The first kappa shape index (κ1) is 30.6. The summed E-state index contributed by atoms with van der Waals surface area (Å²) in [4.78, 5) is 32.6. The molecule has 0 aliphatic carbocycles. The van der Waals surface area contributed by atoms with Gasteiger partial charge in [0.05, 0.1) is 35.1 Å². The molecule has 1 aliphatic rings. The summed E-state index contributed by atoms with van der Waals surface area (Å²) >= 11 is 1.22. The molecule has 220 valence electrons. The fourth-order valence-electron chi connectivity index (χ4n) is 4.50. The van der Waals surface area contributed by atoms with Crippen LogP contribution in [0.25, 0.3) is 6.08 Å². The molecule has 10 nitrogen and oxygen atoms in total. The molecule has 0 fully saturated rings. The number of esters is 1. The molecular formula is C31H33N3O7S. The van der Waals surface area contributed by atoms with E-state index in [0.717, 1.165) is 0 Å². The molecule has 2 heterocycles. The van der Waals surface area contributed by atoms with Crippen molar-refractivity contribution >= 4 is 23.4 Å². The smallest absolute Gasteiger partial charge is 0.338 e. The average Bonchev–Trinajstić information content (AvgIpc) is 3.26. The molecule has 0 N–H and O–H groups in total. The summed E-state index contributed by atoms with van der Waals surface area (Å²) in [6, 6.07) is 13.7. The number of nitrogens with zero attached hydrogens (tertiary/aromatic N) is 3. The minimum absolute atomic E-state index is 0.0592. The van der Waals surface area contributed by atoms with Gasteiger partial charge in [0.1, 0.15) is 24.5 Å². The van der Waals surface area contributed by atoms with Crippen molar-refractivity contribution in [2.75, 3.05) is 33.5 Å². The van der Waals surface area contributed by atoms with Crippen molar-refractivity contribution in [3.8, 4) is 23.3 Å². The van der Waals surface area contributed by atoms with E-state index in [4.69, 9.17) is 28.9 Å². The number of fused-ring (bicyclic) bond motifs is 1. The van der Waals surface area contributed by atoms with Crippen LogP contribution in [-0.2, 0) is 14.3 Å². The van der Waals surface area contributed by atoms with Crippen LogP contribution in [0.2, 0.25) is 0 Å². The van der Waals surface area contributed by atoms with Crippen molar-refractivity contribution in [3.63, 3.8) is 0 Å². The Hall–Kier alpha value is -4.40. The van der Waals surface area contributed by atoms with Gasteiger partial charge in [-0.15, -0.1) is 0 Å². The number of ether oxygens (including phenoxy) is 5. The van der Waals surface area contributed by atoms with Gasteiger partial charge >= 0.3 is 5.97 Å². The van der Waals surface area contributed by atoms with Gasteiger partial charge in [-0.05, 0) is 57.5 Å². The highest BCUT2D eigenvalue weighted by Crippen LogP contribution is 2.36. The number of rotatable bonds is 12. The first-order chi connectivity index (χ1) is 20.3. The molecule has 0 saturated carbocycles. The molecule has 0 bridgehead atoms. The molecule has 2 aromatic carbocycles. The molecule has 0 spiro atoms. The van der Waals surface area contributed by atoms with Crippen LogP contribution in [0.4, 0.5) is 0 Å². The Morgan fingerprint density at radius 1 is 1.14 bits per heavy atom. The van der Waals surface area contributed by atoms with E-state index >= 15 is 0 Å². The maximum absolute atomic E-state index is 14.0. The molecule has 1 atom stereocenters. The lowest BCUT2D eigenvalue weighted by molar-refractivity contribution is -0.140. The van der Waals surface area contributed by atoms with Gasteiger partial charge in [0.2, 0.25) is 0 Å². The normalized spacial score (nSPS) is 14.7. The minimum atomic E-state index is -0.825. The number of thiazole rings is 1. The lowest BCUT2D eigenvalue weighted by Gasteiger charge is -2.27. The summed E-state index contributed by atoms with van der Waals surface area (Å²) in [5, 5.41) is 8.89. The lowest BCUT2D eigenvalue weighted by atomic mass is 9.95. The van der Waals surface area contributed by atoms with Crippen LogP contribution in [0.3, 0.4) is 0 Å². The van der Waals surface area contributed by atoms with Crippen molar-refractivity contribution in [3.05, 3.63) is 84.5 Å². The van der Waals surface area contributed by atoms with E-state index < -0.39 is 12.0 Å². The SMILES string of the molecule is CCOc1cc(/C=c2/sc3n(c2=O)[C@H](c2ccccc2OC(C)C)C(C(=O)OCCOC)=C(C)N=3)ccc1OCC#N. The number of benzene rings is 2. The standard InChI is InChI=1S/C31H33N3O7S/c1-6-38-25-17-21(11-12-24(25)39-14-13-32)18-26-29(35)34-28(22-9-7-8-10-23(22)41-19(2)3)27(20(4)33-31(34)42-26)30(36)40-16-15-37-5/h7-12,17-19,28H,6,14-16H2,1-5H3/b26-18+/t28-/m1/s1. The van der Waals surface area contributed by atoms with Crippen LogP contribution >= 0.6 is 11.3 Å². The number of hydrogen-bond donors (Lipinski definition) is 0. The fourth-order valence-corrected chi connectivity index (χ4v) is 5.55. The second-order valence-electron chi connectivity index (χ2n) is 9.50. The van der Waals surface area contributed by atoms with E-state index in [1.165, 1.54) is 23.0 Å². The summed E-state index contributed by atoms with van der Waals surface area (Å²) in [5.74, 6) is 0.870. The second-order valence-corrected chi connectivity index (χ2v) is 10.5. The van der Waals surface area contributed by atoms with Gasteiger partial charge in [-0.2, -0.15) is 5.26 Å². The predicted molar refractivity (Wildman–Crippen MR) is 158 cm³/mol. The Kier molecular flexibility index (Phi) is 10.2. The number of methoxy groups -OCH3 is 1. The molecule has 11 heteroatoms. The first-order valence-corrected chi connectivity index (χ1v) is 14.3. The number of para-hydroxylation sites is 1. The molecular weight excluding hydrogens is 558 g/mol. The maximum atomic E-state index is 14.0. The van der Waals surface area contributed by atoms with Gasteiger partial charge in [-0.3, -0.25) is 9.36 Å². The van der Waals surface area contributed by atoms with E-state index in [9.17, 15) is 9.59 Å². The van der Waals surface area contributed by atoms with Gasteiger partial charge in [-0.25, -0.2) is 9.79 Å². The van der Waals surface area contributed by atoms with Crippen LogP contribution in [0.5, 0.6) is 17.2 Å². The molecule has 4 rings (SSSR count). The van der Waals surface area contributed by atoms with Crippen LogP contribution in [0.15, 0.2) is 63.5 Å². The van der Waals surface area contributed by atoms with Crippen molar-refractivity contribution in [1.82, 2.24) is 4.57 Å². The Labute approximate surface area is 247 Å². The molecule has 0 radical (unpaired) electrons. The zero-order valence-corrected chi connectivity index (χ0v) is 25.0. The highest BCUT2D eigenvalue weighted by molar-refractivity contribution is 7.07. The quantitative estimate of drug-likeness (QED) is 0.232. The zero-order chi connectivity index (χ0) is 30.2. The zero-order valence-electron chi connectivity index (χ0n) is 24.2. The van der Waals surface area contributed by atoms with E-state index in [1.54, 1.807) is 31.2 Å². The number of aromatic nitrogens is 1. The van der Waals surface area contributed by atoms with E-state index in [1.807, 2.05) is 51.1 Å². The van der Waals surface area contributed by atoms with Gasteiger partial charge in [0.15, 0.2) is 22.9 Å². The lowest BCUT2D eigenvalue weighted by Crippen LogP contribution is -2.40. The Balaban J connectivity index is 1.88. The number of hydrogen-bond acceptors (Lipinski definition) is 10. The largest absolute Gasteiger partial charge is 0.491 e. The number of carbonyl (C=O) groups excluding carboxylic acids is 1. The van der Waals surface area contributed by atoms with Crippen LogP contribution < -0.4 is 29.1 Å². The summed E-state index contributed by atoms with van der Waals surface area (Å²) in [6.45, 7) is 7.98. The van der Waals surface area contributed by atoms with Crippen LogP contribution in [0.1, 0.15) is 44.9 Å². The van der Waals surface area contributed by atoms with E-state index in [0.29, 0.717) is 50.0 Å². The molecule has 42 heavy (non-hydrogen) atoms. The molecule has 0 saturated heterocycles. The highest BCUT2D eigenvalue weighted by atomic mass is 32.1. The van der Waals surface area contributed by atoms with E-state index in [-0.39, 0.29) is 37.1 Å². The van der Waals surface area contributed by atoms with Crippen molar-refractivity contribution < 1.29 is 28.5 Å². The number of nitriles is 1. The molecule has 0 amide bonds. The fraction of sp³-hybridized carbons (Fsp3) is 0.355. The molecule has 1 aromatic heterocycles. The Bertz CT molecular complexity index is 1700. The number of allylic oxidation sites excluding steroid dienone is 1. The van der Waals surface area contributed by atoms with Crippen molar-refractivity contribution in [2.45, 2.75) is 39.8 Å². The third-order valence-corrected chi connectivity index (χ3v) is 7.18. The number of carbonyl (C=O) groups is 1. The molecule has 1 aliphatic heterocycles. The van der Waals surface area contributed by atoms with Gasteiger partial charge in [0.25, 0.3) is 5.56 Å². The minimum Gasteiger partial charge on any atom is -0.491 e. The van der Waals surface area contributed by atoms with Gasteiger partial charge in [-0.1, -0.05) is 35.6 Å². The third-order valence-electron chi connectivity index (χ3n) is 6.20. The van der Waals surface area contributed by atoms with Crippen molar-refractivity contribution in [2.24, 2.45) is 4.99 Å². The van der Waals surface area contributed by atoms with E-state index in [2.05, 4.69) is 4.99 Å². The van der Waals surface area contributed by atoms with Gasteiger partial charge < -0.3 is 23.7 Å². The van der Waals surface area contributed by atoms with Crippen molar-refractivity contribution in [1.29, 1.82) is 5.26 Å². The summed E-state index contributed by atoms with van der Waals surface area (Å²) in [5.41, 5.74) is 1.72. The first-order valence-electron chi connectivity index (χ1n) is 13.5. The highest BCUT2D eigenvalue weighted by Gasteiger charge is 2.35. The Morgan fingerprint density at radius 3 is 2.64 bits per heavy atom. The Morgan fingerprint density at radius 2 is 1.93 bits per heavy atom. The maximum Gasteiger partial charge on any atom is 0.338 e. The summed E-state index contributed by atoms with van der Waals surface area (Å²) in [7, 11) is 1.52. The van der Waals surface area contributed by atoms with Gasteiger partial charge in [0, 0.05) is 12.7 Å². The molecule has 3 aromatic rings. The monoisotopic (exact) mass is 591 g/mol. The van der Waals surface area contributed by atoms with Crippen LogP contribution in [0, 0.1) is 11.3 Å². The molecule has 0 unspecified atom stereocenters.